The van der Waals surface area contributed by atoms with Gasteiger partial charge in [0.15, 0.2) is 0 Å². The Bertz CT molecular complexity index is 661. The molecule has 2 aromatic rings. The van der Waals surface area contributed by atoms with Crippen LogP contribution in [0.15, 0.2) is 48.5 Å². The Morgan fingerprint density at radius 2 is 1.96 bits per heavy atom. The maximum absolute atomic E-state index is 6.06. The minimum absolute atomic E-state index is 0.237. The number of halogens is 1. The summed E-state index contributed by atoms with van der Waals surface area (Å²) in [6.45, 7) is 4.68. The van der Waals surface area contributed by atoms with E-state index in [9.17, 15) is 0 Å². The molecule has 1 heterocycles. The van der Waals surface area contributed by atoms with Crippen LogP contribution in [-0.4, -0.2) is 37.2 Å². The molecule has 0 amide bonds. The predicted molar refractivity (Wildman–Crippen MR) is 101 cm³/mol. The van der Waals surface area contributed by atoms with E-state index < -0.39 is 0 Å². The molecule has 0 saturated carbocycles. The lowest BCUT2D eigenvalue weighted by Crippen LogP contribution is -2.42. The summed E-state index contributed by atoms with van der Waals surface area (Å²) >= 11 is 5.93. The molecule has 0 bridgehead atoms. The monoisotopic (exact) mass is 360 g/mol. The first-order chi connectivity index (χ1) is 12.2. The Labute approximate surface area is 154 Å². The molecule has 2 aromatic carbocycles. The normalized spacial score (nSPS) is 18.2. The third-order valence-electron chi connectivity index (χ3n) is 4.39. The predicted octanol–water partition coefficient (Wildman–Crippen LogP) is 3.47. The van der Waals surface area contributed by atoms with Gasteiger partial charge in [-0.15, -0.1) is 0 Å². The lowest BCUT2D eigenvalue weighted by Gasteiger charge is -2.33. The van der Waals surface area contributed by atoms with E-state index >= 15 is 0 Å². The first-order valence-corrected chi connectivity index (χ1v) is 9.11. The van der Waals surface area contributed by atoms with Crippen molar-refractivity contribution in [3.63, 3.8) is 0 Å². The maximum atomic E-state index is 6.06. The van der Waals surface area contributed by atoms with Crippen LogP contribution >= 0.6 is 11.6 Å². The summed E-state index contributed by atoms with van der Waals surface area (Å²) < 4.78 is 11.8. The van der Waals surface area contributed by atoms with Crippen molar-refractivity contribution in [2.75, 3.05) is 26.2 Å². The standard InChI is InChI=1S/C20H25ClN2O2/c21-18-7-5-16(6-8-18)15-25-20-4-2-1-3-17(20)13-23-11-12-24-19(14-23)9-10-22/h1-8,19H,9-15,22H2. The van der Waals surface area contributed by atoms with Crippen molar-refractivity contribution in [1.29, 1.82) is 0 Å². The van der Waals surface area contributed by atoms with Gasteiger partial charge in [-0.25, -0.2) is 0 Å². The van der Waals surface area contributed by atoms with E-state index in [0.717, 1.165) is 49.0 Å². The topological polar surface area (TPSA) is 47.7 Å². The summed E-state index contributed by atoms with van der Waals surface area (Å²) in [5.74, 6) is 0.930. The van der Waals surface area contributed by atoms with Gasteiger partial charge in [-0.2, -0.15) is 0 Å². The van der Waals surface area contributed by atoms with Gasteiger partial charge in [-0.05, 0) is 36.7 Å². The Morgan fingerprint density at radius 3 is 2.76 bits per heavy atom. The van der Waals surface area contributed by atoms with E-state index in [4.69, 9.17) is 26.8 Å². The lowest BCUT2D eigenvalue weighted by molar-refractivity contribution is -0.0337. The highest BCUT2D eigenvalue weighted by Gasteiger charge is 2.20. The zero-order valence-corrected chi connectivity index (χ0v) is 15.1. The fourth-order valence-corrected chi connectivity index (χ4v) is 3.17. The summed E-state index contributed by atoms with van der Waals surface area (Å²) in [6, 6.07) is 16.0. The summed E-state index contributed by atoms with van der Waals surface area (Å²) in [4.78, 5) is 2.41. The van der Waals surface area contributed by atoms with E-state index in [0.29, 0.717) is 13.2 Å². The van der Waals surface area contributed by atoms with E-state index in [1.807, 2.05) is 36.4 Å². The lowest BCUT2D eigenvalue weighted by atomic mass is 10.1. The molecule has 5 heteroatoms. The number of para-hydroxylation sites is 1. The van der Waals surface area contributed by atoms with Crippen LogP contribution in [-0.2, 0) is 17.9 Å². The number of hydrogen-bond acceptors (Lipinski definition) is 4. The molecule has 0 aromatic heterocycles. The van der Waals surface area contributed by atoms with Gasteiger partial charge in [0.25, 0.3) is 0 Å². The molecule has 4 nitrogen and oxygen atoms in total. The molecule has 1 atom stereocenters. The first-order valence-electron chi connectivity index (χ1n) is 8.74. The van der Waals surface area contributed by atoms with Gasteiger partial charge in [0.2, 0.25) is 0 Å². The molecular weight excluding hydrogens is 336 g/mol. The summed E-state index contributed by atoms with van der Waals surface area (Å²) in [5, 5.41) is 0.739. The van der Waals surface area contributed by atoms with Crippen molar-refractivity contribution in [1.82, 2.24) is 4.90 Å². The molecule has 134 valence electrons. The molecule has 1 saturated heterocycles. The molecule has 25 heavy (non-hydrogen) atoms. The Hall–Kier alpha value is -1.59. The molecule has 3 rings (SSSR count). The fraction of sp³-hybridized carbons (Fsp3) is 0.400. The van der Waals surface area contributed by atoms with Gasteiger partial charge in [0.1, 0.15) is 12.4 Å². The van der Waals surface area contributed by atoms with Crippen molar-refractivity contribution < 1.29 is 9.47 Å². The Morgan fingerprint density at radius 1 is 1.16 bits per heavy atom. The molecule has 1 aliphatic heterocycles. The van der Waals surface area contributed by atoms with E-state index in [2.05, 4.69) is 17.0 Å². The molecule has 1 fully saturated rings. The van der Waals surface area contributed by atoms with Gasteiger partial charge in [0.05, 0.1) is 12.7 Å². The highest BCUT2D eigenvalue weighted by atomic mass is 35.5. The Balaban J connectivity index is 1.61. The first kappa shape index (κ1) is 18.2. The van der Waals surface area contributed by atoms with Crippen LogP contribution < -0.4 is 10.5 Å². The number of nitrogens with two attached hydrogens (primary N) is 1. The SMILES string of the molecule is NCCC1CN(Cc2ccccc2OCc2ccc(Cl)cc2)CCO1. The second-order valence-corrected chi connectivity index (χ2v) is 6.76. The maximum Gasteiger partial charge on any atom is 0.124 e. The largest absolute Gasteiger partial charge is 0.489 e. The van der Waals surface area contributed by atoms with Crippen LogP contribution in [0.2, 0.25) is 5.02 Å². The van der Waals surface area contributed by atoms with Gasteiger partial charge >= 0.3 is 0 Å². The number of rotatable bonds is 7. The van der Waals surface area contributed by atoms with Crippen molar-refractivity contribution in [2.24, 2.45) is 5.73 Å². The van der Waals surface area contributed by atoms with Gasteiger partial charge < -0.3 is 15.2 Å². The zero-order valence-electron chi connectivity index (χ0n) is 14.4. The smallest absolute Gasteiger partial charge is 0.124 e. The van der Waals surface area contributed by atoms with Crippen LogP contribution in [0, 0.1) is 0 Å². The van der Waals surface area contributed by atoms with E-state index in [1.165, 1.54) is 5.56 Å². The van der Waals surface area contributed by atoms with Gasteiger partial charge in [-0.1, -0.05) is 41.9 Å². The minimum Gasteiger partial charge on any atom is -0.489 e. The zero-order chi connectivity index (χ0) is 17.5. The van der Waals surface area contributed by atoms with Gasteiger partial charge in [-0.3, -0.25) is 4.90 Å². The average Bonchev–Trinajstić information content (AvgIpc) is 2.63. The second kappa shape index (κ2) is 9.20. The van der Waals surface area contributed by atoms with Crippen LogP contribution in [0.25, 0.3) is 0 Å². The molecular formula is C20H25ClN2O2. The number of morpholine rings is 1. The molecule has 0 aliphatic carbocycles. The van der Waals surface area contributed by atoms with Crippen molar-refractivity contribution >= 4 is 11.6 Å². The highest BCUT2D eigenvalue weighted by molar-refractivity contribution is 6.30. The van der Waals surface area contributed by atoms with E-state index in [1.54, 1.807) is 0 Å². The summed E-state index contributed by atoms with van der Waals surface area (Å²) in [5.41, 5.74) is 7.96. The van der Waals surface area contributed by atoms with Crippen LogP contribution in [0.3, 0.4) is 0 Å². The molecule has 2 N–H and O–H groups in total. The van der Waals surface area contributed by atoms with Crippen LogP contribution in [0.4, 0.5) is 0 Å². The van der Waals surface area contributed by atoms with Crippen LogP contribution in [0.5, 0.6) is 5.75 Å². The summed E-state index contributed by atoms with van der Waals surface area (Å²) in [6.07, 6.45) is 1.14. The highest BCUT2D eigenvalue weighted by Crippen LogP contribution is 2.23. The Kier molecular flexibility index (Phi) is 6.70. The molecule has 1 aliphatic rings. The molecule has 0 spiro atoms. The third kappa shape index (κ3) is 5.44. The molecule has 0 radical (unpaired) electrons. The summed E-state index contributed by atoms with van der Waals surface area (Å²) in [7, 11) is 0. The quantitative estimate of drug-likeness (QED) is 0.821. The second-order valence-electron chi connectivity index (χ2n) is 6.33. The van der Waals surface area contributed by atoms with E-state index in [-0.39, 0.29) is 6.10 Å². The molecule has 1 unspecified atom stereocenters. The number of nitrogens with zero attached hydrogens (tertiary/aromatic N) is 1. The third-order valence-corrected chi connectivity index (χ3v) is 4.64. The average molecular weight is 361 g/mol. The van der Waals surface area contributed by atoms with Crippen molar-refractivity contribution in [2.45, 2.75) is 25.7 Å². The van der Waals surface area contributed by atoms with Gasteiger partial charge in [0, 0.05) is 30.2 Å². The number of ether oxygens (including phenoxy) is 2. The van der Waals surface area contributed by atoms with Crippen molar-refractivity contribution in [3.8, 4) is 5.75 Å². The number of benzene rings is 2. The minimum atomic E-state index is 0.237. The number of hydrogen-bond donors (Lipinski definition) is 1. The fourth-order valence-electron chi connectivity index (χ4n) is 3.04. The van der Waals surface area contributed by atoms with Crippen LogP contribution in [0.1, 0.15) is 17.5 Å². The van der Waals surface area contributed by atoms with Crippen molar-refractivity contribution in [3.05, 3.63) is 64.7 Å².